The van der Waals surface area contributed by atoms with Crippen molar-refractivity contribution in [2.45, 2.75) is 17.6 Å². The van der Waals surface area contributed by atoms with Gasteiger partial charge >= 0.3 is 11.7 Å². The molecule has 19 heavy (non-hydrogen) atoms. The van der Waals surface area contributed by atoms with Gasteiger partial charge in [-0.1, -0.05) is 19.1 Å². The number of sulfone groups is 1. The van der Waals surface area contributed by atoms with Crippen molar-refractivity contribution < 1.29 is 27.1 Å². The molecule has 1 unspecified atom stereocenters. The highest BCUT2D eigenvalue weighted by Gasteiger charge is 2.29. The van der Waals surface area contributed by atoms with Gasteiger partial charge in [-0.15, -0.1) is 0 Å². The van der Waals surface area contributed by atoms with Gasteiger partial charge in [0.2, 0.25) is 9.84 Å². The fourth-order valence-electron chi connectivity index (χ4n) is 1.31. The molecule has 0 fully saturated rings. The van der Waals surface area contributed by atoms with E-state index in [1.165, 1.54) is 25.1 Å². The zero-order chi connectivity index (χ0) is 14.6. The maximum Gasteiger partial charge on any atom is 0.341 e. The molecule has 1 aromatic rings. The highest BCUT2D eigenvalue weighted by molar-refractivity contribution is 7.91. The van der Waals surface area contributed by atoms with Crippen LogP contribution in [0.3, 0.4) is 0 Å². The van der Waals surface area contributed by atoms with E-state index in [1.54, 1.807) is 0 Å². The molecule has 0 radical (unpaired) electrons. The molecule has 0 heterocycles. The Labute approximate surface area is 109 Å². The van der Waals surface area contributed by atoms with Crippen LogP contribution < -0.4 is 5.32 Å². The summed E-state index contributed by atoms with van der Waals surface area (Å²) in [6, 6.07) is 5.15. The van der Waals surface area contributed by atoms with Crippen LogP contribution in [0.5, 0.6) is 0 Å². The lowest BCUT2D eigenvalue weighted by Gasteiger charge is -2.13. The number of anilines is 1. The third-order valence-electron chi connectivity index (χ3n) is 2.45. The van der Waals surface area contributed by atoms with E-state index in [0.717, 1.165) is 6.07 Å². The predicted octanol–water partition coefficient (Wildman–Crippen LogP) is 1.82. The van der Waals surface area contributed by atoms with Crippen LogP contribution in [0, 0.1) is 5.92 Å². The molecule has 1 aromatic carbocycles. The number of alkyl halides is 2. The lowest BCUT2D eigenvalue weighted by molar-refractivity contribution is -0.140. The zero-order valence-corrected chi connectivity index (χ0v) is 10.8. The van der Waals surface area contributed by atoms with Crippen LogP contribution in [0.25, 0.3) is 0 Å². The smallest absolute Gasteiger partial charge is 0.341 e. The maximum absolute atomic E-state index is 12.5. The first-order chi connectivity index (χ1) is 8.76. The van der Waals surface area contributed by atoms with Gasteiger partial charge in [-0.2, -0.15) is 8.78 Å². The normalized spacial score (nSPS) is 13.3. The summed E-state index contributed by atoms with van der Waals surface area (Å²) in [7, 11) is -4.72. The summed E-state index contributed by atoms with van der Waals surface area (Å²) in [6.45, 7) is 1.35. The van der Waals surface area contributed by atoms with Gasteiger partial charge in [-0.3, -0.25) is 4.79 Å². The molecule has 0 aliphatic carbocycles. The summed E-state index contributed by atoms with van der Waals surface area (Å²) in [4.78, 5) is 10.1. The Hall–Kier alpha value is -1.70. The molecule has 5 nitrogen and oxygen atoms in total. The Morgan fingerprint density at radius 3 is 2.47 bits per heavy atom. The number of carbonyl (C=O) groups is 1. The van der Waals surface area contributed by atoms with Gasteiger partial charge in [0.1, 0.15) is 0 Å². The molecule has 1 atom stereocenters. The second-order valence-electron chi connectivity index (χ2n) is 3.92. The van der Waals surface area contributed by atoms with Crippen molar-refractivity contribution in [1.29, 1.82) is 0 Å². The van der Waals surface area contributed by atoms with Crippen LogP contribution in [0.15, 0.2) is 29.2 Å². The monoisotopic (exact) mass is 293 g/mol. The summed E-state index contributed by atoms with van der Waals surface area (Å²) >= 11 is 0. The van der Waals surface area contributed by atoms with Crippen LogP contribution in [-0.2, 0) is 14.6 Å². The minimum Gasteiger partial charge on any atom is -0.481 e. The van der Waals surface area contributed by atoms with Crippen molar-refractivity contribution in [1.82, 2.24) is 0 Å². The summed E-state index contributed by atoms with van der Waals surface area (Å²) in [6.07, 6.45) is 0. The van der Waals surface area contributed by atoms with E-state index < -0.39 is 32.4 Å². The van der Waals surface area contributed by atoms with E-state index >= 15 is 0 Å². The molecule has 0 saturated heterocycles. The number of rotatable bonds is 6. The number of halogens is 2. The number of benzene rings is 1. The largest absolute Gasteiger partial charge is 0.481 e. The van der Waals surface area contributed by atoms with Gasteiger partial charge in [-0.25, -0.2) is 8.42 Å². The second kappa shape index (κ2) is 5.96. The topological polar surface area (TPSA) is 83.5 Å². The Balaban J connectivity index is 3.01. The molecule has 0 spiro atoms. The van der Waals surface area contributed by atoms with Crippen LogP contribution >= 0.6 is 0 Å². The molecule has 0 aromatic heterocycles. The molecule has 0 aliphatic rings. The van der Waals surface area contributed by atoms with Crippen LogP contribution in [-0.4, -0.2) is 31.8 Å². The van der Waals surface area contributed by atoms with Crippen molar-refractivity contribution in [3.63, 3.8) is 0 Å². The standard InChI is InChI=1S/C11H13F2NO4S/c1-7(10(15)16)6-14-8-4-2-3-5-9(8)19(17,18)11(12)13/h2-5,7,11,14H,6H2,1H3,(H,15,16). The Bertz CT molecular complexity index is 560. The minimum atomic E-state index is -4.72. The Morgan fingerprint density at radius 1 is 1.37 bits per heavy atom. The summed E-state index contributed by atoms with van der Waals surface area (Å²) < 4.78 is 47.8. The fraction of sp³-hybridized carbons (Fsp3) is 0.364. The van der Waals surface area contributed by atoms with Gasteiger partial charge in [0.25, 0.3) is 0 Å². The Kier molecular flexibility index (Phi) is 4.82. The number of carboxylic acids is 1. The number of carboxylic acid groups (broad SMARTS) is 1. The van der Waals surface area contributed by atoms with Crippen molar-refractivity contribution in [3.05, 3.63) is 24.3 Å². The van der Waals surface area contributed by atoms with E-state index in [2.05, 4.69) is 5.32 Å². The SMILES string of the molecule is CC(CNc1ccccc1S(=O)(=O)C(F)F)C(=O)O. The molecule has 106 valence electrons. The van der Waals surface area contributed by atoms with Crippen LogP contribution in [0.4, 0.5) is 14.5 Å². The zero-order valence-electron chi connectivity index (χ0n) is 10.0. The number of para-hydroxylation sites is 1. The average Bonchev–Trinajstić information content (AvgIpc) is 2.35. The molecule has 1 rings (SSSR count). The van der Waals surface area contributed by atoms with Gasteiger partial charge in [0.15, 0.2) is 0 Å². The number of hydrogen-bond donors (Lipinski definition) is 2. The lowest BCUT2D eigenvalue weighted by atomic mass is 10.2. The van der Waals surface area contributed by atoms with Crippen molar-refractivity contribution >= 4 is 21.5 Å². The molecular formula is C11H13F2NO4S. The first-order valence-corrected chi connectivity index (χ1v) is 6.89. The van der Waals surface area contributed by atoms with Crippen LogP contribution in [0.2, 0.25) is 0 Å². The van der Waals surface area contributed by atoms with E-state index in [1.807, 2.05) is 0 Å². The first kappa shape index (κ1) is 15.4. The number of aliphatic carboxylic acids is 1. The highest BCUT2D eigenvalue weighted by Crippen LogP contribution is 2.26. The van der Waals surface area contributed by atoms with E-state index in [4.69, 9.17) is 5.11 Å². The van der Waals surface area contributed by atoms with Gasteiger partial charge in [0, 0.05) is 6.54 Å². The van der Waals surface area contributed by atoms with Gasteiger partial charge < -0.3 is 10.4 Å². The molecule has 8 heteroatoms. The third kappa shape index (κ3) is 3.63. The van der Waals surface area contributed by atoms with E-state index in [-0.39, 0.29) is 12.2 Å². The predicted molar refractivity (Wildman–Crippen MR) is 64.9 cm³/mol. The highest BCUT2D eigenvalue weighted by atomic mass is 32.2. The quantitative estimate of drug-likeness (QED) is 0.836. The van der Waals surface area contributed by atoms with Crippen molar-refractivity contribution in [2.75, 3.05) is 11.9 Å². The molecule has 0 bridgehead atoms. The summed E-state index contributed by atoms with van der Waals surface area (Å²) in [5.41, 5.74) is -0.0316. The summed E-state index contributed by atoms with van der Waals surface area (Å²) in [5.74, 6) is -5.36. The molecular weight excluding hydrogens is 280 g/mol. The van der Waals surface area contributed by atoms with Gasteiger partial charge in [0.05, 0.1) is 16.5 Å². The first-order valence-electron chi connectivity index (χ1n) is 5.34. The number of hydrogen-bond acceptors (Lipinski definition) is 4. The molecule has 0 aliphatic heterocycles. The molecule has 2 N–H and O–H groups in total. The fourth-order valence-corrected chi connectivity index (χ4v) is 2.21. The average molecular weight is 293 g/mol. The maximum atomic E-state index is 12.5. The second-order valence-corrected chi connectivity index (χ2v) is 5.81. The molecule has 0 saturated carbocycles. The van der Waals surface area contributed by atoms with Crippen LogP contribution in [0.1, 0.15) is 6.92 Å². The Morgan fingerprint density at radius 2 is 1.95 bits per heavy atom. The van der Waals surface area contributed by atoms with Gasteiger partial charge in [-0.05, 0) is 12.1 Å². The van der Waals surface area contributed by atoms with Crippen molar-refractivity contribution in [3.8, 4) is 0 Å². The minimum absolute atomic E-state index is 0.0316. The lowest BCUT2D eigenvalue weighted by Crippen LogP contribution is -2.21. The number of nitrogens with one attached hydrogen (secondary N) is 1. The van der Waals surface area contributed by atoms with E-state index in [9.17, 15) is 22.0 Å². The molecule has 0 amide bonds. The summed E-state index contributed by atoms with van der Waals surface area (Å²) in [5, 5.41) is 11.3. The van der Waals surface area contributed by atoms with Crippen molar-refractivity contribution in [2.24, 2.45) is 5.92 Å². The third-order valence-corrected chi connectivity index (χ3v) is 3.89. The van der Waals surface area contributed by atoms with E-state index in [0.29, 0.717) is 0 Å².